The van der Waals surface area contributed by atoms with Crippen LogP contribution in [0.2, 0.25) is 0 Å². The molecule has 0 unspecified atom stereocenters. The van der Waals surface area contributed by atoms with Gasteiger partial charge in [-0.2, -0.15) is 0 Å². The van der Waals surface area contributed by atoms with Crippen molar-refractivity contribution in [3.8, 4) is 0 Å². The molecular formula is C22H28FNO3S. The van der Waals surface area contributed by atoms with Gasteiger partial charge in [-0.05, 0) is 53.6 Å². The third-order valence-electron chi connectivity index (χ3n) is 5.54. The van der Waals surface area contributed by atoms with Gasteiger partial charge in [0.25, 0.3) is 0 Å². The first-order valence-electron chi connectivity index (χ1n) is 9.56. The fourth-order valence-electron chi connectivity index (χ4n) is 3.58. The third kappa shape index (κ3) is 4.62. The molecule has 0 bridgehead atoms. The summed E-state index contributed by atoms with van der Waals surface area (Å²) in [7, 11) is -3.64. The molecular weight excluding hydrogens is 377 g/mol. The standard InChI is InChI=1S/C22H28FNO3S/c1-21(2,3)17-6-10-20(11-7-17)28(25,26)24-16-22(12-14-27-15-13-22)18-4-8-19(23)9-5-18/h4-11,24H,12-16H2,1-3H3. The number of rotatable bonds is 5. The molecule has 3 rings (SSSR count). The highest BCUT2D eigenvalue weighted by atomic mass is 32.2. The van der Waals surface area contributed by atoms with Gasteiger partial charge in [0.05, 0.1) is 4.90 Å². The molecule has 4 nitrogen and oxygen atoms in total. The Bertz CT molecular complexity index is 894. The van der Waals surface area contributed by atoms with Gasteiger partial charge in [-0.25, -0.2) is 17.5 Å². The van der Waals surface area contributed by atoms with Crippen molar-refractivity contribution < 1.29 is 17.5 Å². The molecule has 1 N–H and O–H groups in total. The van der Waals surface area contributed by atoms with Crippen LogP contribution in [0.5, 0.6) is 0 Å². The molecule has 0 spiro atoms. The molecule has 1 saturated heterocycles. The molecule has 152 valence electrons. The lowest BCUT2D eigenvalue weighted by atomic mass is 9.74. The Balaban J connectivity index is 1.81. The molecule has 1 aliphatic rings. The lowest BCUT2D eigenvalue weighted by Crippen LogP contribution is -2.44. The Labute approximate surface area is 167 Å². The molecule has 0 aromatic heterocycles. The number of halogens is 1. The summed E-state index contributed by atoms with van der Waals surface area (Å²) in [5.74, 6) is -0.300. The summed E-state index contributed by atoms with van der Waals surface area (Å²) in [5, 5.41) is 0. The number of hydrogen-bond acceptors (Lipinski definition) is 3. The van der Waals surface area contributed by atoms with Gasteiger partial charge >= 0.3 is 0 Å². The largest absolute Gasteiger partial charge is 0.381 e. The fraction of sp³-hybridized carbons (Fsp3) is 0.455. The average molecular weight is 406 g/mol. The molecule has 1 aliphatic heterocycles. The van der Waals surface area contributed by atoms with Crippen LogP contribution in [-0.4, -0.2) is 28.2 Å². The SMILES string of the molecule is CC(C)(C)c1ccc(S(=O)(=O)NCC2(c3ccc(F)cc3)CCOCC2)cc1. The van der Waals surface area contributed by atoms with E-state index in [1.807, 2.05) is 12.1 Å². The first kappa shape index (κ1) is 21.0. The van der Waals surface area contributed by atoms with Crippen molar-refractivity contribution in [1.29, 1.82) is 0 Å². The Morgan fingerprint density at radius 1 is 1.00 bits per heavy atom. The van der Waals surface area contributed by atoms with Crippen LogP contribution in [0.1, 0.15) is 44.7 Å². The molecule has 2 aromatic rings. The van der Waals surface area contributed by atoms with Crippen molar-refractivity contribution in [2.75, 3.05) is 19.8 Å². The van der Waals surface area contributed by atoms with Crippen LogP contribution in [0.3, 0.4) is 0 Å². The van der Waals surface area contributed by atoms with E-state index in [4.69, 9.17) is 4.74 Å². The zero-order valence-electron chi connectivity index (χ0n) is 16.7. The van der Waals surface area contributed by atoms with Gasteiger partial charge in [0.1, 0.15) is 5.82 Å². The molecule has 1 fully saturated rings. The van der Waals surface area contributed by atoms with E-state index in [2.05, 4.69) is 25.5 Å². The van der Waals surface area contributed by atoms with E-state index in [0.29, 0.717) is 26.1 Å². The molecule has 28 heavy (non-hydrogen) atoms. The molecule has 1 heterocycles. The highest BCUT2D eigenvalue weighted by molar-refractivity contribution is 7.89. The van der Waals surface area contributed by atoms with E-state index in [-0.39, 0.29) is 22.7 Å². The Hall–Kier alpha value is -1.76. The summed E-state index contributed by atoms with van der Waals surface area (Å²) >= 11 is 0. The summed E-state index contributed by atoms with van der Waals surface area (Å²) in [6.45, 7) is 7.63. The van der Waals surface area contributed by atoms with E-state index >= 15 is 0 Å². The maximum Gasteiger partial charge on any atom is 0.240 e. The van der Waals surface area contributed by atoms with Crippen LogP contribution in [0, 0.1) is 5.82 Å². The molecule has 0 radical (unpaired) electrons. The summed E-state index contributed by atoms with van der Waals surface area (Å²) in [5.41, 5.74) is 1.58. The van der Waals surface area contributed by atoms with Gasteiger partial charge in [0.15, 0.2) is 0 Å². The second kappa shape index (κ2) is 7.93. The minimum Gasteiger partial charge on any atom is -0.381 e. The van der Waals surface area contributed by atoms with Crippen molar-refractivity contribution in [1.82, 2.24) is 4.72 Å². The highest BCUT2D eigenvalue weighted by Gasteiger charge is 2.35. The van der Waals surface area contributed by atoms with E-state index in [1.165, 1.54) is 12.1 Å². The number of hydrogen-bond donors (Lipinski definition) is 1. The van der Waals surface area contributed by atoms with E-state index in [1.54, 1.807) is 24.3 Å². The van der Waals surface area contributed by atoms with Gasteiger partial charge in [0, 0.05) is 25.2 Å². The first-order chi connectivity index (χ1) is 13.1. The molecule has 6 heteroatoms. The van der Waals surface area contributed by atoms with E-state index in [9.17, 15) is 12.8 Å². The predicted octanol–water partition coefficient (Wildman–Crippen LogP) is 4.15. The van der Waals surface area contributed by atoms with Gasteiger partial charge in [-0.15, -0.1) is 0 Å². The smallest absolute Gasteiger partial charge is 0.240 e. The van der Waals surface area contributed by atoms with E-state index < -0.39 is 15.4 Å². The second-order valence-electron chi connectivity index (χ2n) is 8.50. The molecule has 0 aliphatic carbocycles. The van der Waals surface area contributed by atoms with Crippen LogP contribution < -0.4 is 4.72 Å². The fourth-order valence-corrected chi connectivity index (χ4v) is 4.71. The number of ether oxygens (including phenoxy) is 1. The summed E-state index contributed by atoms with van der Waals surface area (Å²) in [4.78, 5) is 0.252. The topological polar surface area (TPSA) is 55.4 Å². The second-order valence-corrected chi connectivity index (χ2v) is 10.3. The summed E-state index contributed by atoms with van der Waals surface area (Å²) < 4.78 is 47.3. The number of sulfonamides is 1. The zero-order valence-corrected chi connectivity index (χ0v) is 17.5. The molecule has 0 amide bonds. The zero-order chi connectivity index (χ0) is 20.4. The van der Waals surface area contributed by atoms with Gasteiger partial charge in [0.2, 0.25) is 10.0 Å². The monoisotopic (exact) mass is 405 g/mol. The first-order valence-corrected chi connectivity index (χ1v) is 11.0. The molecule has 0 saturated carbocycles. The molecule has 2 aromatic carbocycles. The maximum absolute atomic E-state index is 13.4. The third-order valence-corrected chi connectivity index (χ3v) is 6.95. The van der Waals surface area contributed by atoms with Gasteiger partial charge < -0.3 is 4.74 Å². The van der Waals surface area contributed by atoms with Crippen LogP contribution in [0.25, 0.3) is 0 Å². The van der Waals surface area contributed by atoms with Crippen molar-refractivity contribution >= 4 is 10.0 Å². The minimum atomic E-state index is -3.64. The Morgan fingerprint density at radius 3 is 2.11 bits per heavy atom. The highest BCUT2D eigenvalue weighted by Crippen LogP contribution is 2.35. The van der Waals surface area contributed by atoms with Crippen molar-refractivity contribution in [3.05, 3.63) is 65.5 Å². The quantitative estimate of drug-likeness (QED) is 0.813. The summed E-state index contributed by atoms with van der Waals surface area (Å²) in [6, 6.07) is 13.4. The predicted molar refractivity (Wildman–Crippen MR) is 108 cm³/mol. The summed E-state index contributed by atoms with van der Waals surface area (Å²) in [6.07, 6.45) is 1.37. The van der Waals surface area contributed by atoms with Crippen molar-refractivity contribution in [3.63, 3.8) is 0 Å². The lowest BCUT2D eigenvalue weighted by Gasteiger charge is -2.38. The van der Waals surface area contributed by atoms with Crippen molar-refractivity contribution in [2.24, 2.45) is 0 Å². The lowest BCUT2D eigenvalue weighted by molar-refractivity contribution is 0.0517. The maximum atomic E-state index is 13.4. The van der Waals surface area contributed by atoms with Crippen LogP contribution in [0.4, 0.5) is 4.39 Å². The number of benzene rings is 2. The average Bonchev–Trinajstić information content (AvgIpc) is 2.67. The normalized spacial score (nSPS) is 17.4. The minimum absolute atomic E-state index is 0.0372. The Morgan fingerprint density at radius 2 is 1.57 bits per heavy atom. The molecule has 0 atom stereocenters. The van der Waals surface area contributed by atoms with Crippen LogP contribution >= 0.6 is 0 Å². The van der Waals surface area contributed by atoms with Gasteiger partial charge in [-0.1, -0.05) is 45.0 Å². The van der Waals surface area contributed by atoms with Crippen molar-refractivity contribution in [2.45, 2.75) is 49.3 Å². The Kier molecular flexibility index (Phi) is 5.94. The van der Waals surface area contributed by atoms with E-state index in [0.717, 1.165) is 11.1 Å². The van der Waals surface area contributed by atoms with Gasteiger partial charge in [-0.3, -0.25) is 0 Å². The van der Waals surface area contributed by atoms with Crippen LogP contribution in [-0.2, 0) is 25.6 Å². The van der Waals surface area contributed by atoms with Crippen LogP contribution in [0.15, 0.2) is 53.4 Å². The number of nitrogens with one attached hydrogen (secondary N) is 1.